The molecule has 72 heavy (non-hydrogen) atoms. The summed E-state index contributed by atoms with van der Waals surface area (Å²) in [5.74, 6) is -0.842. The first-order valence-corrected chi connectivity index (χ1v) is 31.2. The average Bonchev–Trinajstić information content (AvgIpc) is 3.34. The molecule has 0 aromatic heterocycles. The Morgan fingerprint density at radius 2 is 0.792 bits per heavy atom. The second kappa shape index (κ2) is 53.3. The summed E-state index contributed by atoms with van der Waals surface area (Å²) >= 11 is 0. The quantitative estimate of drug-likeness (QED) is 0.0211. The second-order valence-corrected chi connectivity index (χ2v) is 22.5. The van der Waals surface area contributed by atoms with Crippen molar-refractivity contribution in [2.24, 2.45) is 0 Å². The molecule has 9 nitrogen and oxygen atoms in total. The van der Waals surface area contributed by atoms with Gasteiger partial charge in [-0.3, -0.25) is 18.6 Å². The number of allylic oxidation sites excluding steroid dienone is 12. The van der Waals surface area contributed by atoms with Crippen LogP contribution in [0, 0.1) is 0 Å². The lowest BCUT2D eigenvalue weighted by Crippen LogP contribution is -2.37. The molecule has 0 aliphatic heterocycles. The van der Waals surface area contributed by atoms with Crippen molar-refractivity contribution in [3.8, 4) is 0 Å². The maximum Gasteiger partial charge on any atom is 0.472 e. The number of quaternary nitrogens is 1. The fourth-order valence-corrected chi connectivity index (χ4v) is 8.90. The lowest BCUT2D eigenvalue weighted by molar-refractivity contribution is -0.870. The van der Waals surface area contributed by atoms with Gasteiger partial charge in [-0.05, 0) is 83.5 Å². The van der Waals surface area contributed by atoms with Gasteiger partial charge in [0.05, 0.1) is 27.7 Å². The summed E-state index contributed by atoms with van der Waals surface area (Å²) < 4.78 is 34.5. The summed E-state index contributed by atoms with van der Waals surface area (Å²) in [6.45, 7) is 4.27. The lowest BCUT2D eigenvalue weighted by atomic mass is 10.0. The number of hydrogen-bond acceptors (Lipinski definition) is 7. The summed E-state index contributed by atoms with van der Waals surface area (Å²) in [6, 6.07) is 0. The van der Waals surface area contributed by atoms with Crippen molar-refractivity contribution in [1.82, 2.24) is 0 Å². The van der Waals surface area contributed by atoms with E-state index in [4.69, 9.17) is 18.5 Å². The van der Waals surface area contributed by atoms with Crippen molar-refractivity contribution in [2.45, 2.75) is 264 Å². The SMILES string of the molecule is CC/C=C\C/C=C\C/C=C\C/C=C\CCCCC(=O)OC(COC(=O)CCCCCCCCCCCCCCCCCCCCCCC/C=C\C/C=C\CCCCCCC)COP(=O)(O)OCC[N+](C)(C)C. The Balaban J connectivity index is 4.02. The third-order valence-corrected chi connectivity index (χ3v) is 13.7. The van der Waals surface area contributed by atoms with E-state index in [1.54, 1.807) is 0 Å². The lowest BCUT2D eigenvalue weighted by Gasteiger charge is -2.24. The number of carbonyl (C=O) groups is 2. The molecule has 418 valence electrons. The molecule has 0 aromatic carbocycles. The van der Waals surface area contributed by atoms with Gasteiger partial charge in [-0.2, -0.15) is 0 Å². The first-order valence-electron chi connectivity index (χ1n) is 29.7. The fraction of sp³-hybridized carbons (Fsp3) is 0.774. The number of phosphoric acid groups is 1. The van der Waals surface area contributed by atoms with Crippen LogP contribution >= 0.6 is 7.82 Å². The molecule has 0 heterocycles. The molecular formula is C62H113NO8P+. The predicted molar refractivity (Wildman–Crippen MR) is 307 cm³/mol. The van der Waals surface area contributed by atoms with Crippen LogP contribution in [0.25, 0.3) is 0 Å². The molecule has 0 radical (unpaired) electrons. The van der Waals surface area contributed by atoms with Crippen molar-refractivity contribution in [2.75, 3.05) is 47.5 Å². The zero-order valence-corrected chi connectivity index (χ0v) is 48.3. The van der Waals surface area contributed by atoms with Crippen LogP contribution in [-0.4, -0.2) is 74.9 Å². The molecule has 2 unspecified atom stereocenters. The van der Waals surface area contributed by atoms with Gasteiger partial charge in [-0.25, -0.2) is 4.57 Å². The number of phosphoric ester groups is 1. The molecule has 10 heteroatoms. The Morgan fingerprint density at radius 3 is 1.21 bits per heavy atom. The number of unbranched alkanes of at least 4 members (excludes halogenated alkanes) is 28. The predicted octanol–water partition coefficient (Wildman–Crippen LogP) is 18.5. The van der Waals surface area contributed by atoms with E-state index < -0.39 is 26.5 Å². The van der Waals surface area contributed by atoms with E-state index in [2.05, 4.69) is 86.8 Å². The number of ether oxygens (including phenoxy) is 2. The van der Waals surface area contributed by atoms with Gasteiger partial charge in [-0.15, -0.1) is 0 Å². The zero-order valence-electron chi connectivity index (χ0n) is 47.4. The Hall–Kier alpha value is -2.55. The van der Waals surface area contributed by atoms with Crippen LogP contribution in [0.3, 0.4) is 0 Å². The van der Waals surface area contributed by atoms with Crippen LogP contribution in [0.4, 0.5) is 0 Å². The molecular weight excluding hydrogens is 918 g/mol. The number of carbonyl (C=O) groups excluding carboxylic acids is 2. The van der Waals surface area contributed by atoms with E-state index >= 15 is 0 Å². The van der Waals surface area contributed by atoms with Crippen molar-refractivity contribution < 1.29 is 42.1 Å². The Morgan fingerprint density at radius 1 is 0.444 bits per heavy atom. The van der Waals surface area contributed by atoms with Crippen LogP contribution in [0.1, 0.15) is 258 Å². The van der Waals surface area contributed by atoms with Crippen LogP contribution in [0.5, 0.6) is 0 Å². The van der Waals surface area contributed by atoms with Gasteiger partial charge < -0.3 is 18.9 Å². The second-order valence-electron chi connectivity index (χ2n) is 21.0. The molecule has 0 rings (SSSR count). The van der Waals surface area contributed by atoms with Crippen LogP contribution in [0.15, 0.2) is 72.9 Å². The van der Waals surface area contributed by atoms with Crippen molar-refractivity contribution in [1.29, 1.82) is 0 Å². The molecule has 0 fully saturated rings. The minimum Gasteiger partial charge on any atom is -0.462 e. The van der Waals surface area contributed by atoms with Crippen molar-refractivity contribution in [3.63, 3.8) is 0 Å². The first kappa shape index (κ1) is 69.5. The molecule has 0 amide bonds. The van der Waals surface area contributed by atoms with E-state index in [1.807, 2.05) is 21.1 Å². The van der Waals surface area contributed by atoms with Gasteiger partial charge in [0.2, 0.25) is 0 Å². The van der Waals surface area contributed by atoms with Gasteiger partial charge >= 0.3 is 19.8 Å². The molecule has 0 saturated carbocycles. The summed E-state index contributed by atoms with van der Waals surface area (Å²) in [5, 5.41) is 0. The van der Waals surface area contributed by atoms with E-state index in [9.17, 15) is 19.0 Å². The molecule has 1 N–H and O–H groups in total. The molecule has 2 atom stereocenters. The Bertz CT molecular complexity index is 1450. The fourth-order valence-electron chi connectivity index (χ4n) is 8.16. The van der Waals surface area contributed by atoms with Gasteiger partial charge in [0, 0.05) is 12.8 Å². The monoisotopic (exact) mass is 1030 g/mol. The number of hydrogen-bond donors (Lipinski definition) is 1. The van der Waals surface area contributed by atoms with Gasteiger partial charge in [-0.1, -0.05) is 234 Å². The van der Waals surface area contributed by atoms with Gasteiger partial charge in [0.25, 0.3) is 0 Å². The topological polar surface area (TPSA) is 108 Å². The zero-order chi connectivity index (χ0) is 52.7. The third-order valence-electron chi connectivity index (χ3n) is 12.7. The summed E-state index contributed by atoms with van der Waals surface area (Å²) in [6.07, 6.45) is 70.0. The number of nitrogens with zero attached hydrogens (tertiary/aromatic N) is 1. The largest absolute Gasteiger partial charge is 0.472 e. The standard InChI is InChI=1S/C62H112NO8P/c1-6-8-10-12-14-16-18-20-22-23-24-25-26-27-28-29-30-31-32-33-34-35-36-37-38-39-41-42-44-46-48-50-52-54-61(64)68-58-60(59-70-72(66,67)69-57-56-63(3,4)5)71-62(65)55-53-51-49-47-45-43-40-21-19-17-15-13-11-9-7-2/h9,11,15,17-18,20-21,23-24,40,45,47,60H,6-8,10,12-14,16,19,22,25-39,41-44,46,48-59H2,1-5H3/p+1/b11-9-,17-15-,20-18-,24-23-,40-21-,47-45-. The maximum absolute atomic E-state index is 12.7. The van der Waals surface area contributed by atoms with Gasteiger partial charge in [0.1, 0.15) is 19.8 Å². The highest BCUT2D eigenvalue weighted by atomic mass is 31.2. The van der Waals surface area contributed by atoms with Crippen molar-refractivity contribution in [3.05, 3.63) is 72.9 Å². The number of rotatable bonds is 54. The highest BCUT2D eigenvalue weighted by Gasteiger charge is 2.27. The van der Waals surface area contributed by atoms with Crippen LogP contribution < -0.4 is 0 Å². The average molecular weight is 1030 g/mol. The summed E-state index contributed by atoms with van der Waals surface area (Å²) in [7, 11) is 1.45. The summed E-state index contributed by atoms with van der Waals surface area (Å²) in [4.78, 5) is 35.6. The minimum absolute atomic E-state index is 0.0219. The molecule has 0 aliphatic rings. The number of likely N-dealkylation sites (N-methyl/N-ethyl adjacent to an activating group) is 1. The first-order chi connectivity index (χ1) is 35.0. The summed E-state index contributed by atoms with van der Waals surface area (Å²) in [5.41, 5.74) is 0. The normalized spacial score (nSPS) is 13.8. The smallest absolute Gasteiger partial charge is 0.462 e. The maximum atomic E-state index is 12.7. The molecule has 0 spiro atoms. The Kier molecular flexibility index (Phi) is 51.4. The Labute approximate surface area is 444 Å². The molecule has 0 bridgehead atoms. The van der Waals surface area contributed by atoms with Crippen LogP contribution in [-0.2, 0) is 32.7 Å². The highest BCUT2D eigenvalue weighted by molar-refractivity contribution is 7.47. The minimum atomic E-state index is -4.40. The highest BCUT2D eigenvalue weighted by Crippen LogP contribution is 2.43. The van der Waals surface area contributed by atoms with Crippen molar-refractivity contribution >= 4 is 19.8 Å². The van der Waals surface area contributed by atoms with E-state index in [0.29, 0.717) is 17.4 Å². The molecule has 0 saturated heterocycles. The third kappa shape index (κ3) is 56.7. The molecule has 0 aliphatic carbocycles. The van der Waals surface area contributed by atoms with Gasteiger partial charge in [0.15, 0.2) is 6.10 Å². The van der Waals surface area contributed by atoms with E-state index in [1.165, 1.54) is 161 Å². The van der Waals surface area contributed by atoms with E-state index in [0.717, 1.165) is 64.2 Å². The van der Waals surface area contributed by atoms with E-state index in [-0.39, 0.29) is 32.0 Å². The molecule has 0 aromatic rings. The number of esters is 2. The van der Waals surface area contributed by atoms with Crippen LogP contribution in [0.2, 0.25) is 0 Å².